The van der Waals surface area contributed by atoms with Crippen LogP contribution in [0.25, 0.3) is 0 Å². The number of hydrazone groups is 1. The van der Waals surface area contributed by atoms with Crippen LogP contribution in [0.15, 0.2) is 58.0 Å². The first kappa shape index (κ1) is 16.8. The Balaban J connectivity index is 1.66. The number of carbonyl (C=O) groups excluding carboxylic acids is 1. The molecular formula is C21H24N4O. The molecule has 1 saturated carbocycles. The van der Waals surface area contributed by atoms with Crippen LogP contribution in [-0.2, 0) is 11.2 Å². The van der Waals surface area contributed by atoms with Gasteiger partial charge in [0.1, 0.15) is 11.5 Å². The van der Waals surface area contributed by atoms with Crippen molar-refractivity contribution in [2.45, 2.75) is 39.2 Å². The number of hydrogen-bond donors (Lipinski definition) is 0. The fourth-order valence-electron chi connectivity index (χ4n) is 3.85. The summed E-state index contributed by atoms with van der Waals surface area (Å²) in [5.41, 5.74) is 4.11. The van der Waals surface area contributed by atoms with Gasteiger partial charge in [-0.05, 0) is 56.4 Å². The summed E-state index contributed by atoms with van der Waals surface area (Å²) in [6.07, 6.45) is 6.93. The van der Waals surface area contributed by atoms with E-state index in [1.54, 1.807) is 5.01 Å². The maximum atomic E-state index is 13.3. The van der Waals surface area contributed by atoms with Crippen LogP contribution in [0, 0.1) is 5.92 Å². The molecule has 4 rings (SSSR count). The van der Waals surface area contributed by atoms with Gasteiger partial charge in [-0.15, -0.1) is 0 Å². The molecule has 5 heteroatoms. The van der Waals surface area contributed by atoms with Crippen LogP contribution < -0.4 is 0 Å². The van der Waals surface area contributed by atoms with Gasteiger partial charge in [0, 0.05) is 24.9 Å². The number of aliphatic imine (C=N–C) groups is 1. The molecule has 2 heterocycles. The average Bonchev–Trinajstić information content (AvgIpc) is 3.52. The van der Waals surface area contributed by atoms with Gasteiger partial charge >= 0.3 is 0 Å². The number of nitrogens with zero attached hydrogens (tertiary/aromatic N) is 4. The molecule has 1 atom stereocenters. The van der Waals surface area contributed by atoms with Crippen LogP contribution >= 0.6 is 0 Å². The third-order valence-electron chi connectivity index (χ3n) is 5.45. The van der Waals surface area contributed by atoms with Crippen LogP contribution in [0.1, 0.15) is 43.9 Å². The first-order valence-corrected chi connectivity index (χ1v) is 9.26. The third-order valence-corrected chi connectivity index (χ3v) is 5.45. The molecule has 0 bridgehead atoms. The molecule has 3 aliphatic rings. The second kappa shape index (κ2) is 6.56. The van der Waals surface area contributed by atoms with E-state index in [1.165, 1.54) is 11.1 Å². The van der Waals surface area contributed by atoms with Crippen LogP contribution in [0.3, 0.4) is 0 Å². The number of rotatable bonds is 3. The predicted octanol–water partition coefficient (Wildman–Crippen LogP) is 3.66. The summed E-state index contributed by atoms with van der Waals surface area (Å²) in [6, 6.07) is 8.43. The second-order valence-corrected chi connectivity index (χ2v) is 7.06. The van der Waals surface area contributed by atoms with Gasteiger partial charge in [-0.2, -0.15) is 5.10 Å². The zero-order chi connectivity index (χ0) is 18.3. The lowest BCUT2D eigenvalue weighted by atomic mass is 9.93. The maximum Gasteiger partial charge on any atom is 0.273 e. The summed E-state index contributed by atoms with van der Waals surface area (Å²) in [4.78, 5) is 19.8. The van der Waals surface area contributed by atoms with Crippen molar-refractivity contribution in [1.29, 1.82) is 0 Å². The van der Waals surface area contributed by atoms with Crippen LogP contribution in [0.2, 0.25) is 0 Å². The van der Waals surface area contributed by atoms with Gasteiger partial charge in [0.25, 0.3) is 5.91 Å². The van der Waals surface area contributed by atoms with E-state index in [1.807, 2.05) is 30.0 Å². The Morgan fingerprint density at radius 1 is 1.35 bits per heavy atom. The fraction of sp³-hybridized carbons (Fsp3) is 0.381. The number of amides is 1. The van der Waals surface area contributed by atoms with Crippen LogP contribution in [0.5, 0.6) is 0 Å². The topological polar surface area (TPSA) is 48.3 Å². The summed E-state index contributed by atoms with van der Waals surface area (Å²) < 4.78 is 0. The van der Waals surface area contributed by atoms with E-state index in [0.29, 0.717) is 17.5 Å². The monoisotopic (exact) mass is 348 g/mol. The molecule has 26 heavy (non-hydrogen) atoms. The van der Waals surface area contributed by atoms with Crippen LogP contribution in [-0.4, -0.2) is 34.8 Å². The van der Waals surface area contributed by atoms with Gasteiger partial charge < -0.3 is 4.90 Å². The van der Waals surface area contributed by atoms with Crippen molar-refractivity contribution in [2.24, 2.45) is 16.0 Å². The standard InChI is InChI=1S/C21H24N4O/c1-4-20-23-18(13-19(16-9-10-16)25(20)22-3)21(26)24-12-11-15-7-5-6-8-17(15)14(24)2/h4-8,13-14,16H,3,9-12H2,1-2H3/b20-4-/t14-/m1/s1. The fourth-order valence-corrected chi connectivity index (χ4v) is 3.85. The van der Waals surface area contributed by atoms with Crippen molar-refractivity contribution < 1.29 is 4.79 Å². The lowest BCUT2D eigenvalue weighted by Gasteiger charge is -2.36. The summed E-state index contributed by atoms with van der Waals surface area (Å²) >= 11 is 0. The molecule has 0 spiro atoms. The van der Waals surface area contributed by atoms with E-state index in [9.17, 15) is 4.79 Å². The highest BCUT2D eigenvalue weighted by Gasteiger charge is 2.36. The molecule has 1 amide bonds. The Morgan fingerprint density at radius 2 is 2.12 bits per heavy atom. The predicted molar refractivity (Wildman–Crippen MR) is 104 cm³/mol. The first-order valence-electron chi connectivity index (χ1n) is 9.26. The smallest absolute Gasteiger partial charge is 0.273 e. The minimum absolute atomic E-state index is 0.00628. The zero-order valence-corrected chi connectivity index (χ0v) is 15.4. The number of fused-ring (bicyclic) bond motifs is 1. The van der Waals surface area contributed by atoms with Crippen molar-refractivity contribution in [3.63, 3.8) is 0 Å². The molecule has 0 aromatic heterocycles. The third kappa shape index (κ3) is 2.77. The van der Waals surface area contributed by atoms with E-state index in [0.717, 1.165) is 31.5 Å². The van der Waals surface area contributed by atoms with Gasteiger partial charge in [0.15, 0.2) is 0 Å². The molecule has 1 aromatic carbocycles. The van der Waals surface area contributed by atoms with Crippen molar-refractivity contribution in [2.75, 3.05) is 6.54 Å². The molecule has 0 radical (unpaired) electrons. The molecule has 1 aromatic rings. The Labute approximate surface area is 154 Å². The largest absolute Gasteiger partial charge is 0.330 e. The zero-order valence-electron chi connectivity index (χ0n) is 15.4. The molecule has 1 fully saturated rings. The Hall–Kier alpha value is -2.69. The van der Waals surface area contributed by atoms with E-state index in [2.05, 4.69) is 41.9 Å². The Kier molecular flexibility index (Phi) is 4.23. The van der Waals surface area contributed by atoms with Crippen molar-refractivity contribution >= 4 is 18.3 Å². The normalized spacial score (nSPS) is 24.1. The summed E-state index contributed by atoms with van der Waals surface area (Å²) in [7, 11) is 0. The molecular weight excluding hydrogens is 324 g/mol. The number of hydrogen-bond acceptors (Lipinski definition) is 4. The van der Waals surface area contributed by atoms with Gasteiger partial charge in [-0.25, -0.2) is 10.0 Å². The van der Waals surface area contributed by atoms with E-state index in [-0.39, 0.29) is 11.9 Å². The maximum absolute atomic E-state index is 13.3. The minimum atomic E-state index is -0.00628. The van der Waals surface area contributed by atoms with Crippen molar-refractivity contribution in [3.05, 3.63) is 59.1 Å². The number of carbonyl (C=O) groups is 1. The summed E-state index contributed by atoms with van der Waals surface area (Å²) in [6.45, 7) is 8.40. The van der Waals surface area contributed by atoms with Crippen molar-refractivity contribution in [3.8, 4) is 0 Å². The highest BCUT2D eigenvalue weighted by Crippen LogP contribution is 2.41. The molecule has 1 aliphatic carbocycles. The number of allylic oxidation sites excluding steroid dienone is 2. The molecule has 0 unspecified atom stereocenters. The van der Waals surface area contributed by atoms with Gasteiger partial charge in [-0.3, -0.25) is 4.79 Å². The summed E-state index contributed by atoms with van der Waals surface area (Å²) in [5, 5.41) is 5.88. The Bertz CT molecular complexity index is 847. The van der Waals surface area contributed by atoms with Crippen LogP contribution in [0.4, 0.5) is 0 Å². The SMILES string of the molecule is C=NN1C(C2CC2)=CC(C(=O)N2CCc3ccccc3[C@H]2C)=N/C1=C/C. The molecule has 0 N–H and O–H groups in total. The van der Waals surface area contributed by atoms with Gasteiger partial charge in [0.05, 0.1) is 6.04 Å². The van der Waals surface area contributed by atoms with Crippen molar-refractivity contribution in [1.82, 2.24) is 9.91 Å². The Morgan fingerprint density at radius 3 is 2.81 bits per heavy atom. The average molecular weight is 348 g/mol. The lowest BCUT2D eigenvalue weighted by Crippen LogP contribution is -2.43. The quantitative estimate of drug-likeness (QED) is 0.783. The molecule has 5 nitrogen and oxygen atoms in total. The van der Waals surface area contributed by atoms with E-state index < -0.39 is 0 Å². The van der Waals surface area contributed by atoms with Gasteiger partial charge in [0.2, 0.25) is 0 Å². The first-order chi connectivity index (χ1) is 12.6. The van der Waals surface area contributed by atoms with E-state index in [4.69, 9.17) is 0 Å². The second-order valence-electron chi connectivity index (χ2n) is 7.06. The molecule has 134 valence electrons. The molecule has 2 aliphatic heterocycles. The highest BCUT2D eigenvalue weighted by atomic mass is 16.2. The molecule has 0 saturated heterocycles. The highest BCUT2D eigenvalue weighted by molar-refractivity contribution is 6.43. The lowest BCUT2D eigenvalue weighted by molar-refractivity contribution is -0.126. The van der Waals surface area contributed by atoms with Gasteiger partial charge in [-0.1, -0.05) is 24.3 Å². The number of benzene rings is 1. The summed E-state index contributed by atoms with van der Waals surface area (Å²) in [5.74, 6) is 1.12. The minimum Gasteiger partial charge on any atom is -0.330 e. The van der Waals surface area contributed by atoms with E-state index >= 15 is 0 Å².